The molecule has 2 aromatic heterocycles. The molecule has 3 aromatic rings. The number of nitrogens with zero attached hydrogens (tertiary/aromatic N) is 1. The van der Waals surface area contributed by atoms with Crippen molar-refractivity contribution in [3.8, 4) is 16.9 Å². The Hall–Kier alpha value is -2.43. The molecule has 25 heavy (non-hydrogen) atoms. The summed E-state index contributed by atoms with van der Waals surface area (Å²) in [4.78, 5) is 0. The summed E-state index contributed by atoms with van der Waals surface area (Å²) >= 11 is 0. The van der Waals surface area contributed by atoms with Gasteiger partial charge in [-0.05, 0) is 48.7 Å². The van der Waals surface area contributed by atoms with E-state index in [4.69, 9.17) is 4.74 Å². The number of hydrogen-bond acceptors (Lipinski definition) is 1. The molecule has 0 saturated heterocycles. The summed E-state index contributed by atoms with van der Waals surface area (Å²) in [7, 11) is 1.60. The third-order valence-electron chi connectivity index (χ3n) is 4.36. The molecule has 3 rings (SSSR count). The largest absolute Gasteiger partial charge is 0.497 e. The normalized spacial score (nSPS) is 11.9. The van der Waals surface area contributed by atoms with Crippen LogP contribution in [-0.4, -0.2) is 11.5 Å². The number of hydrogen-bond donors (Lipinski definition) is 0. The first kappa shape index (κ1) is 17.4. The molecule has 0 aliphatic rings. The Kier molecular flexibility index (Phi) is 4.75. The molecule has 0 aliphatic heterocycles. The Labute approximate surface area is 144 Å². The van der Waals surface area contributed by atoms with Crippen molar-refractivity contribution in [2.45, 2.75) is 32.4 Å². The van der Waals surface area contributed by atoms with Crippen LogP contribution in [-0.2, 0) is 12.6 Å². The van der Waals surface area contributed by atoms with E-state index < -0.39 is 11.7 Å². The van der Waals surface area contributed by atoms with E-state index in [1.165, 1.54) is 6.20 Å². The minimum atomic E-state index is -4.35. The molecule has 0 amide bonds. The van der Waals surface area contributed by atoms with Gasteiger partial charge in [-0.2, -0.15) is 13.2 Å². The lowest BCUT2D eigenvalue weighted by molar-refractivity contribution is -0.137. The molecule has 5 heteroatoms. The molecular weight excluding hydrogens is 327 g/mol. The van der Waals surface area contributed by atoms with Gasteiger partial charge >= 0.3 is 6.18 Å². The van der Waals surface area contributed by atoms with E-state index >= 15 is 0 Å². The van der Waals surface area contributed by atoms with E-state index in [9.17, 15) is 13.2 Å². The molecule has 0 spiro atoms. The number of aryl methyl sites for hydroxylation is 1. The van der Waals surface area contributed by atoms with Crippen molar-refractivity contribution < 1.29 is 17.9 Å². The summed E-state index contributed by atoms with van der Waals surface area (Å²) in [5.74, 6) is 0.748. The fourth-order valence-electron chi connectivity index (χ4n) is 2.99. The molecule has 132 valence electrons. The van der Waals surface area contributed by atoms with Crippen LogP contribution in [0.15, 0.2) is 48.7 Å². The lowest BCUT2D eigenvalue weighted by atomic mass is 10.1. The highest BCUT2D eigenvalue weighted by molar-refractivity contribution is 5.82. The summed E-state index contributed by atoms with van der Waals surface area (Å²) in [5.41, 5.74) is 2.94. The van der Waals surface area contributed by atoms with Gasteiger partial charge in [0, 0.05) is 17.5 Å². The number of pyridine rings is 1. The molecule has 0 fully saturated rings. The van der Waals surface area contributed by atoms with Gasteiger partial charge in [-0.15, -0.1) is 0 Å². The third kappa shape index (κ3) is 3.50. The zero-order chi connectivity index (χ0) is 18.0. The highest BCUT2D eigenvalue weighted by Crippen LogP contribution is 2.34. The van der Waals surface area contributed by atoms with Gasteiger partial charge in [0.2, 0.25) is 0 Å². The van der Waals surface area contributed by atoms with Gasteiger partial charge in [0.15, 0.2) is 0 Å². The van der Waals surface area contributed by atoms with Gasteiger partial charge in [0.1, 0.15) is 5.75 Å². The standard InChI is InChI=1S/C20H20F3NO/c1-3-4-5-16-12-18(14-6-9-17(25-2)10-7-14)19-11-8-15(13-24(16)19)20(21,22)23/h6-13H,3-5H2,1-2H3. The Morgan fingerprint density at radius 3 is 2.36 bits per heavy atom. The average molecular weight is 347 g/mol. The Morgan fingerprint density at radius 1 is 1.04 bits per heavy atom. The van der Waals surface area contributed by atoms with Gasteiger partial charge in [-0.3, -0.25) is 0 Å². The van der Waals surface area contributed by atoms with E-state index in [-0.39, 0.29) is 0 Å². The monoisotopic (exact) mass is 347 g/mol. The van der Waals surface area contributed by atoms with E-state index in [2.05, 4.69) is 6.92 Å². The highest BCUT2D eigenvalue weighted by atomic mass is 19.4. The van der Waals surface area contributed by atoms with Gasteiger partial charge in [0.25, 0.3) is 0 Å². The molecule has 0 saturated carbocycles. The fourth-order valence-corrected chi connectivity index (χ4v) is 2.99. The number of ether oxygens (including phenoxy) is 1. The SMILES string of the molecule is CCCCc1cc(-c2ccc(OC)cc2)c2ccc(C(F)(F)F)cn12. The number of alkyl halides is 3. The Balaban J connectivity index is 2.14. The first-order chi connectivity index (χ1) is 11.9. The highest BCUT2D eigenvalue weighted by Gasteiger charge is 2.31. The molecular formula is C20H20F3NO. The number of aromatic nitrogens is 1. The molecule has 0 bridgehead atoms. The van der Waals surface area contributed by atoms with Crippen molar-refractivity contribution in [2.24, 2.45) is 0 Å². The fraction of sp³-hybridized carbons (Fsp3) is 0.300. The number of rotatable bonds is 5. The van der Waals surface area contributed by atoms with Crippen LogP contribution in [0.3, 0.4) is 0 Å². The average Bonchev–Trinajstić information content (AvgIpc) is 2.97. The van der Waals surface area contributed by atoms with Crippen LogP contribution in [0.25, 0.3) is 16.6 Å². The summed E-state index contributed by atoms with van der Waals surface area (Å²) in [6.45, 7) is 2.07. The van der Waals surface area contributed by atoms with Crippen molar-refractivity contribution in [3.05, 3.63) is 59.9 Å². The van der Waals surface area contributed by atoms with Crippen molar-refractivity contribution in [3.63, 3.8) is 0 Å². The molecule has 2 heterocycles. The number of unbranched alkanes of at least 4 members (excludes halogenated alkanes) is 1. The second-order valence-electron chi connectivity index (χ2n) is 6.05. The first-order valence-electron chi connectivity index (χ1n) is 8.29. The third-order valence-corrected chi connectivity index (χ3v) is 4.36. The number of methoxy groups -OCH3 is 1. The predicted molar refractivity (Wildman–Crippen MR) is 93.0 cm³/mol. The quantitative estimate of drug-likeness (QED) is 0.554. The first-order valence-corrected chi connectivity index (χ1v) is 8.29. The smallest absolute Gasteiger partial charge is 0.417 e. The van der Waals surface area contributed by atoms with Crippen LogP contribution in [0.4, 0.5) is 13.2 Å². The zero-order valence-corrected chi connectivity index (χ0v) is 14.2. The van der Waals surface area contributed by atoms with Gasteiger partial charge in [-0.25, -0.2) is 0 Å². The Morgan fingerprint density at radius 2 is 1.76 bits per heavy atom. The van der Waals surface area contributed by atoms with Crippen molar-refractivity contribution >= 4 is 5.52 Å². The van der Waals surface area contributed by atoms with Crippen molar-refractivity contribution in [1.82, 2.24) is 4.40 Å². The lowest BCUT2D eigenvalue weighted by Gasteiger charge is -2.09. The maximum Gasteiger partial charge on any atom is 0.417 e. The van der Waals surface area contributed by atoms with Crippen LogP contribution < -0.4 is 4.74 Å². The zero-order valence-electron chi connectivity index (χ0n) is 14.2. The van der Waals surface area contributed by atoms with Gasteiger partial charge < -0.3 is 9.14 Å². The number of fused-ring (bicyclic) bond motifs is 1. The lowest BCUT2D eigenvalue weighted by Crippen LogP contribution is -2.07. The molecule has 1 aromatic carbocycles. The van der Waals surface area contributed by atoms with E-state index in [1.54, 1.807) is 17.6 Å². The molecule has 0 atom stereocenters. The summed E-state index contributed by atoms with van der Waals surface area (Å²) in [6.07, 6.45) is -0.474. The molecule has 0 aliphatic carbocycles. The van der Waals surface area contributed by atoms with Crippen LogP contribution in [0.2, 0.25) is 0 Å². The Bertz CT molecular complexity index is 863. The second kappa shape index (κ2) is 6.82. The topological polar surface area (TPSA) is 13.6 Å². The predicted octanol–water partition coefficient (Wildman–Crippen LogP) is 5.98. The second-order valence-corrected chi connectivity index (χ2v) is 6.05. The number of halogens is 3. The van der Waals surface area contributed by atoms with E-state index in [0.717, 1.165) is 53.4 Å². The van der Waals surface area contributed by atoms with E-state index in [0.29, 0.717) is 0 Å². The minimum absolute atomic E-state index is 0.630. The summed E-state index contributed by atoms with van der Waals surface area (Å²) < 4.78 is 46.1. The molecule has 0 radical (unpaired) electrons. The molecule has 0 N–H and O–H groups in total. The maximum absolute atomic E-state index is 13.1. The molecule has 0 unspecified atom stereocenters. The van der Waals surface area contributed by atoms with Crippen molar-refractivity contribution in [1.29, 1.82) is 0 Å². The molecule has 2 nitrogen and oxygen atoms in total. The van der Waals surface area contributed by atoms with Gasteiger partial charge in [0.05, 0.1) is 18.2 Å². The van der Waals surface area contributed by atoms with Gasteiger partial charge in [-0.1, -0.05) is 25.5 Å². The van der Waals surface area contributed by atoms with Crippen molar-refractivity contribution in [2.75, 3.05) is 7.11 Å². The van der Waals surface area contributed by atoms with E-state index in [1.807, 2.05) is 30.3 Å². The van der Waals surface area contributed by atoms with Crippen LogP contribution in [0.5, 0.6) is 5.75 Å². The maximum atomic E-state index is 13.1. The summed E-state index contributed by atoms with van der Waals surface area (Å²) in [5, 5.41) is 0. The van der Waals surface area contributed by atoms with Crippen LogP contribution in [0.1, 0.15) is 31.0 Å². The van der Waals surface area contributed by atoms with Crippen LogP contribution >= 0.6 is 0 Å². The van der Waals surface area contributed by atoms with Crippen LogP contribution in [0, 0.1) is 0 Å². The summed E-state index contributed by atoms with van der Waals surface area (Å²) in [6, 6.07) is 12.3. The number of benzene rings is 1. The minimum Gasteiger partial charge on any atom is -0.497 e.